The summed E-state index contributed by atoms with van der Waals surface area (Å²) >= 11 is 0. The van der Waals surface area contributed by atoms with Crippen molar-refractivity contribution in [1.29, 1.82) is 5.26 Å². The van der Waals surface area contributed by atoms with E-state index in [1.54, 1.807) is 0 Å². The van der Waals surface area contributed by atoms with Gasteiger partial charge in [0.15, 0.2) is 0 Å². The highest BCUT2D eigenvalue weighted by Crippen LogP contribution is 2.12. The molecule has 1 rings (SSSR count). The van der Waals surface area contributed by atoms with Gasteiger partial charge in [0.1, 0.15) is 0 Å². The van der Waals surface area contributed by atoms with Gasteiger partial charge in [0, 0.05) is 6.54 Å². The Hall–Kier alpha value is -1.33. The SMILES string of the molecule is C[C@@H](CNCC#N)c1ccccc1. The molecule has 0 bridgehead atoms. The predicted octanol–water partition coefficient (Wildman–Crippen LogP) is 1.90. The molecule has 0 aliphatic heterocycles. The van der Waals surface area contributed by atoms with Crippen LogP contribution in [0.4, 0.5) is 0 Å². The molecule has 0 aliphatic carbocycles. The number of rotatable bonds is 4. The Balaban J connectivity index is 2.41. The number of nitrogens with one attached hydrogen (secondary N) is 1. The molecule has 1 aromatic rings. The van der Waals surface area contributed by atoms with Gasteiger partial charge in [-0.3, -0.25) is 0 Å². The predicted molar refractivity (Wildman–Crippen MR) is 53.3 cm³/mol. The minimum absolute atomic E-state index is 0.428. The number of hydrogen-bond donors (Lipinski definition) is 1. The van der Waals surface area contributed by atoms with E-state index in [1.165, 1.54) is 5.56 Å². The summed E-state index contributed by atoms with van der Waals surface area (Å²) in [5.41, 5.74) is 1.31. The molecule has 0 amide bonds. The largest absolute Gasteiger partial charge is 0.304 e. The van der Waals surface area contributed by atoms with E-state index in [4.69, 9.17) is 5.26 Å². The van der Waals surface area contributed by atoms with Crippen molar-refractivity contribution >= 4 is 0 Å². The maximum atomic E-state index is 8.34. The summed E-state index contributed by atoms with van der Waals surface area (Å²) in [4.78, 5) is 0. The van der Waals surface area contributed by atoms with Gasteiger partial charge in [0.05, 0.1) is 12.6 Å². The standard InChI is InChI=1S/C11H14N2/c1-10(9-13-8-7-12)11-5-3-2-4-6-11/h2-6,10,13H,8-9H2,1H3/t10-/m0/s1. The first kappa shape index (κ1) is 9.76. The summed E-state index contributed by atoms with van der Waals surface area (Å²) in [6, 6.07) is 12.4. The van der Waals surface area contributed by atoms with E-state index in [0.717, 1.165) is 6.54 Å². The van der Waals surface area contributed by atoms with E-state index in [-0.39, 0.29) is 0 Å². The van der Waals surface area contributed by atoms with Gasteiger partial charge in [-0.25, -0.2) is 0 Å². The zero-order valence-corrected chi connectivity index (χ0v) is 7.83. The van der Waals surface area contributed by atoms with Crippen LogP contribution in [0.25, 0.3) is 0 Å². The number of nitriles is 1. The molecule has 0 unspecified atom stereocenters. The molecule has 1 N–H and O–H groups in total. The van der Waals surface area contributed by atoms with Crippen LogP contribution in [0.2, 0.25) is 0 Å². The van der Waals surface area contributed by atoms with Crippen molar-refractivity contribution in [2.75, 3.05) is 13.1 Å². The summed E-state index contributed by atoms with van der Waals surface area (Å²) < 4.78 is 0. The lowest BCUT2D eigenvalue weighted by Gasteiger charge is -2.10. The molecule has 2 nitrogen and oxygen atoms in total. The van der Waals surface area contributed by atoms with E-state index in [0.29, 0.717) is 12.5 Å². The Labute approximate surface area is 79.2 Å². The van der Waals surface area contributed by atoms with Crippen LogP contribution in [0.3, 0.4) is 0 Å². The van der Waals surface area contributed by atoms with Gasteiger partial charge in [-0.2, -0.15) is 5.26 Å². The van der Waals surface area contributed by atoms with E-state index in [1.807, 2.05) is 18.2 Å². The Bertz CT molecular complexity index is 274. The van der Waals surface area contributed by atoms with Crippen molar-refractivity contribution in [1.82, 2.24) is 5.32 Å². The summed E-state index contributed by atoms with van der Waals surface area (Å²) in [5, 5.41) is 11.4. The van der Waals surface area contributed by atoms with Crippen LogP contribution in [0.5, 0.6) is 0 Å². The van der Waals surface area contributed by atoms with E-state index < -0.39 is 0 Å². The molecule has 0 aliphatic rings. The molecule has 0 saturated carbocycles. The van der Waals surface area contributed by atoms with Crippen LogP contribution in [-0.2, 0) is 0 Å². The van der Waals surface area contributed by atoms with Gasteiger partial charge in [-0.05, 0) is 11.5 Å². The average molecular weight is 174 g/mol. The molecule has 0 saturated heterocycles. The van der Waals surface area contributed by atoms with Crippen LogP contribution in [0.1, 0.15) is 18.4 Å². The molecule has 0 fully saturated rings. The second-order valence-electron chi connectivity index (χ2n) is 3.10. The summed E-state index contributed by atoms with van der Waals surface area (Å²) in [6.45, 7) is 3.44. The summed E-state index contributed by atoms with van der Waals surface area (Å²) in [7, 11) is 0. The molecule has 13 heavy (non-hydrogen) atoms. The van der Waals surface area contributed by atoms with Crippen molar-refractivity contribution < 1.29 is 0 Å². The highest BCUT2D eigenvalue weighted by Gasteiger charge is 2.02. The van der Waals surface area contributed by atoms with Crippen molar-refractivity contribution in [3.05, 3.63) is 35.9 Å². The number of hydrogen-bond acceptors (Lipinski definition) is 2. The van der Waals surface area contributed by atoms with E-state index in [9.17, 15) is 0 Å². The molecule has 2 heteroatoms. The third kappa shape index (κ3) is 3.27. The number of nitrogens with zero attached hydrogens (tertiary/aromatic N) is 1. The third-order valence-electron chi connectivity index (χ3n) is 2.02. The third-order valence-corrected chi connectivity index (χ3v) is 2.02. The van der Waals surface area contributed by atoms with Crippen molar-refractivity contribution in [2.24, 2.45) is 0 Å². The minimum Gasteiger partial charge on any atom is -0.304 e. The van der Waals surface area contributed by atoms with Gasteiger partial charge in [0.25, 0.3) is 0 Å². The van der Waals surface area contributed by atoms with E-state index >= 15 is 0 Å². The molecule has 0 spiro atoms. The maximum Gasteiger partial charge on any atom is 0.0841 e. The van der Waals surface area contributed by atoms with Gasteiger partial charge in [-0.15, -0.1) is 0 Å². The van der Waals surface area contributed by atoms with Gasteiger partial charge in [0.2, 0.25) is 0 Å². The highest BCUT2D eigenvalue weighted by atomic mass is 14.8. The van der Waals surface area contributed by atoms with Crippen LogP contribution in [-0.4, -0.2) is 13.1 Å². The molecular weight excluding hydrogens is 160 g/mol. The van der Waals surface area contributed by atoms with Crippen LogP contribution >= 0.6 is 0 Å². The average Bonchev–Trinajstić information content (AvgIpc) is 2.19. The Morgan fingerprint density at radius 1 is 1.38 bits per heavy atom. The fourth-order valence-corrected chi connectivity index (χ4v) is 1.24. The lowest BCUT2D eigenvalue weighted by atomic mass is 10.0. The quantitative estimate of drug-likeness (QED) is 0.559. The molecular formula is C11H14N2. The zero-order valence-electron chi connectivity index (χ0n) is 7.83. The van der Waals surface area contributed by atoms with E-state index in [2.05, 4.69) is 30.4 Å². The van der Waals surface area contributed by atoms with Gasteiger partial charge in [-0.1, -0.05) is 37.3 Å². The molecule has 1 atom stereocenters. The Morgan fingerprint density at radius 3 is 2.69 bits per heavy atom. The Kier molecular flexibility index (Phi) is 4.01. The molecule has 0 heterocycles. The monoisotopic (exact) mass is 174 g/mol. The fraction of sp³-hybridized carbons (Fsp3) is 0.364. The van der Waals surface area contributed by atoms with Gasteiger partial charge >= 0.3 is 0 Å². The first-order valence-corrected chi connectivity index (χ1v) is 4.47. The second kappa shape index (κ2) is 5.34. The molecule has 0 radical (unpaired) electrons. The van der Waals surface area contributed by atoms with Crippen LogP contribution in [0, 0.1) is 11.3 Å². The first-order chi connectivity index (χ1) is 6.34. The second-order valence-corrected chi connectivity index (χ2v) is 3.10. The lowest BCUT2D eigenvalue weighted by molar-refractivity contribution is 0.654. The van der Waals surface area contributed by atoms with Crippen molar-refractivity contribution in [3.8, 4) is 6.07 Å². The fourth-order valence-electron chi connectivity index (χ4n) is 1.24. The highest BCUT2D eigenvalue weighted by molar-refractivity contribution is 5.18. The minimum atomic E-state index is 0.428. The lowest BCUT2D eigenvalue weighted by Crippen LogP contribution is -2.20. The van der Waals surface area contributed by atoms with Crippen molar-refractivity contribution in [2.45, 2.75) is 12.8 Å². The molecule has 0 aromatic heterocycles. The normalized spacial score (nSPS) is 12.0. The van der Waals surface area contributed by atoms with Gasteiger partial charge < -0.3 is 5.32 Å². The first-order valence-electron chi connectivity index (χ1n) is 4.47. The van der Waals surface area contributed by atoms with Crippen molar-refractivity contribution in [3.63, 3.8) is 0 Å². The maximum absolute atomic E-state index is 8.34. The summed E-state index contributed by atoms with van der Waals surface area (Å²) in [6.07, 6.45) is 0. The topological polar surface area (TPSA) is 35.8 Å². The smallest absolute Gasteiger partial charge is 0.0841 e. The molecule has 1 aromatic carbocycles. The van der Waals surface area contributed by atoms with Crippen LogP contribution in [0.15, 0.2) is 30.3 Å². The molecule has 68 valence electrons. The Morgan fingerprint density at radius 2 is 2.08 bits per heavy atom. The number of benzene rings is 1. The van der Waals surface area contributed by atoms with Crippen LogP contribution < -0.4 is 5.32 Å². The summed E-state index contributed by atoms with van der Waals surface area (Å²) in [5.74, 6) is 0.467. The zero-order chi connectivity index (χ0) is 9.52.